The number of hydrogen-bond acceptors (Lipinski definition) is 5. The maximum Gasteiger partial charge on any atom is 0.416 e. The minimum atomic E-state index is -4.95. The maximum absolute atomic E-state index is 13.5. The Labute approximate surface area is 242 Å². The average molecular weight is 602 g/mol. The second-order valence-corrected chi connectivity index (χ2v) is 11.5. The highest BCUT2D eigenvalue weighted by Gasteiger charge is 2.43. The van der Waals surface area contributed by atoms with Gasteiger partial charge in [-0.25, -0.2) is 0 Å². The van der Waals surface area contributed by atoms with Gasteiger partial charge in [0.25, 0.3) is 0 Å². The summed E-state index contributed by atoms with van der Waals surface area (Å²) in [6.45, 7) is 7.82. The number of carbonyl (C=O) groups excluding carboxylic acids is 1. The Bertz CT molecular complexity index is 1170. The van der Waals surface area contributed by atoms with E-state index in [2.05, 4.69) is 4.90 Å². The Morgan fingerprint density at radius 3 is 2.29 bits per heavy atom. The van der Waals surface area contributed by atoms with Crippen molar-refractivity contribution in [1.29, 1.82) is 0 Å². The summed E-state index contributed by atoms with van der Waals surface area (Å²) in [5.41, 5.74) is -2.68. The van der Waals surface area contributed by atoms with Crippen LogP contribution in [0.1, 0.15) is 67.9 Å². The summed E-state index contributed by atoms with van der Waals surface area (Å²) in [5.74, 6) is -0.579. The Morgan fingerprint density at radius 1 is 1.05 bits per heavy atom. The van der Waals surface area contributed by atoms with E-state index in [1.54, 1.807) is 6.92 Å². The topological polar surface area (TPSA) is 48.0 Å². The minimum Gasteiger partial charge on any atom is -0.466 e. The fraction of sp³-hybridized carbons (Fsp3) is 0.581. The molecule has 0 aliphatic carbocycles. The van der Waals surface area contributed by atoms with Gasteiger partial charge in [-0.2, -0.15) is 26.3 Å². The molecule has 0 bridgehead atoms. The Morgan fingerprint density at radius 2 is 1.69 bits per heavy atom. The van der Waals surface area contributed by atoms with Crippen molar-refractivity contribution in [3.63, 3.8) is 0 Å². The van der Waals surface area contributed by atoms with Crippen LogP contribution in [0.4, 0.5) is 26.3 Å². The summed E-state index contributed by atoms with van der Waals surface area (Å²) < 4.78 is 98.5. The fourth-order valence-electron chi connectivity index (χ4n) is 6.16. The Kier molecular flexibility index (Phi) is 9.94. The summed E-state index contributed by atoms with van der Waals surface area (Å²) in [4.78, 5) is 14.9. The van der Waals surface area contributed by atoms with Gasteiger partial charge >= 0.3 is 18.3 Å². The molecule has 5 atom stereocenters. The molecule has 11 heteroatoms. The van der Waals surface area contributed by atoms with Gasteiger partial charge in [-0.05, 0) is 69.5 Å². The molecular weight excluding hydrogens is 564 g/mol. The third-order valence-electron chi connectivity index (χ3n) is 8.20. The van der Waals surface area contributed by atoms with Crippen LogP contribution < -0.4 is 0 Å². The second-order valence-electron chi connectivity index (χ2n) is 11.5. The van der Waals surface area contributed by atoms with E-state index in [-0.39, 0.29) is 36.0 Å². The van der Waals surface area contributed by atoms with Gasteiger partial charge in [-0.15, -0.1) is 0 Å². The first-order valence-corrected chi connectivity index (χ1v) is 14.2. The molecule has 1 unspecified atom stereocenters. The maximum atomic E-state index is 13.5. The van der Waals surface area contributed by atoms with Crippen molar-refractivity contribution in [2.75, 3.05) is 39.5 Å². The predicted octanol–water partition coefficient (Wildman–Crippen LogP) is 7.27. The largest absolute Gasteiger partial charge is 0.466 e. The van der Waals surface area contributed by atoms with Gasteiger partial charge in [-0.1, -0.05) is 30.3 Å². The number of rotatable bonds is 8. The molecule has 2 aliphatic heterocycles. The van der Waals surface area contributed by atoms with Crippen LogP contribution in [0.5, 0.6) is 0 Å². The van der Waals surface area contributed by atoms with Crippen molar-refractivity contribution in [2.45, 2.75) is 64.1 Å². The fourth-order valence-corrected chi connectivity index (χ4v) is 6.16. The summed E-state index contributed by atoms with van der Waals surface area (Å²) in [6, 6.07) is 11.0. The number of alkyl halides is 6. The molecule has 2 aromatic rings. The number of ether oxygens (including phenoxy) is 3. The van der Waals surface area contributed by atoms with Crippen LogP contribution in [0.25, 0.3) is 0 Å². The van der Waals surface area contributed by atoms with E-state index in [1.165, 1.54) is 6.92 Å². The van der Waals surface area contributed by atoms with Crippen molar-refractivity contribution < 1.29 is 45.3 Å². The first-order valence-electron chi connectivity index (χ1n) is 14.2. The molecule has 2 aliphatic rings. The van der Waals surface area contributed by atoms with Gasteiger partial charge in [-0.3, -0.25) is 4.79 Å². The zero-order valence-corrected chi connectivity index (χ0v) is 23.9. The van der Waals surface area contributed by atoms with Crippen molar-refractivity contribution in [3.05, 3.63) is 70.8 Å². The van der Waals surface area contributed by atoms with E-state index in [4.69, 9.17) is 14.2 Å². The van der Waals surface area contributed by atoms with Crippen molar-refractivity contribution in [3.8, 4) is 0 Å². The number of piperidine rings is 1. The summed E-state index contributed by atoms with van der Waals surface area (Å²) in [5, 5.41) is 0. The number of hydrogen-bond donors (Lipinski definition) is 0. The van der Waals surface area contributed by atoms with Gasteiger partial charge in [0.1, 0.15) is 0 Å². The lowest BCUT2D eigenvalue weighted by molar-refractivity contribution is -0.158. The number of halogens is 6. The van der Waals surface area contributed by atoms with Crippen LogP contribution in [-0.4, -0.2) is 56.4 Å². The van der Waals surface area contributed by atoms with Gasteiger partial charge < -0.3 is 19.1 Å². The highest BCUT2D eigenvalue weighted by molar-refractivity contribution is 5.76. The summed E-state index contributed by atoms with van der Waals surface area (Å²) >= 11 is 0. The standard InChI is InChI=1S/C31H37F6NO4/c1-4-41-28(39)29(3)11-8-12-38(19-29)16-23-17-40-18-26(27(23)21-9-6-5-7-10-21)42-20(2)22-13-24(30(32,33)34)15-25(14-22)31(35,36)37/h5-7,9-10,13-15,20,23,26-27H,4,8,11-12,16-19H2,1-3H3/t20?,23-,26+,27-,29+/m0/s1. The second kappa shape index (κ2) is 12.9. The molecule has 4 rings (SSSR count). The Balaban J connectivity index is 1.59. The molecule has 2 heterocycles. The van der Waals surface area contributed by atoms with Gasteiger partial charge in [0.2, 0.25) is 0 Å². The van der Waals surface area contributed by atoms with Crippen LogP contribution in [0.2, 0.25) is 0 Å². The van der Waals surface area contributed by atoms with Crippen LogP contribution >= 0.6 is 0 Å². The SMILES string of the molecule is CCOC(=O)[C@]1(C)CCCN(C[C@H]2COC[C@@H](OC(C)c3cc(C(F)(F)F)cc(C(F)(F)F)c3)[C@H]2c2ccccc2)C1. The molecule has 232 valence electrons. The van der Waals surface area contributed by atoms with E-state index >= 15 is 0 Å². The molecule has 0 N–H and O–H groups in total. The number of nitrogens with zero attached hydrogens (tertiary/aromatic N) is 1. The molecule has 2 saturated heterocycles. The Hall–Kier alpha value is -2.63. The smallest absolute Gasteiger partial charge is 0.416 e. The highest BCUT2D eigenvalue weighted by Crippen LogP contribution is 2.41. The summed E-state index contributed by atoms with van der Waals surface area (Å²) in [7, 11) is 0. The molecule has 0 radical (unpaired) electrons. The first-order chi connectivity index (χ1) is 19.7. The first kappa shape index (κ1) is 32.3. The van der Waals surface area contributed by atoms with Gasteiger partial charge in [0, 0.05) is 24.9 Å². The molecule has 0 aromatic heterocycles. The lowest BCUT2D eigenvalue weighted by Crippen LogP contribution is -2.51. The molecule has 5 nitrogen and oxygen atoms in total. The molecule has 0 spiro atoms. The van der Waals surface area contributed by atoms with E-state index < -0.39 is 41.1 Å². The van der Waals surface area contributed by atoms with E-state index in [9.17, 15) is 31.1 Å². The third-order valence-corrected chi connectivity index (χ3v) is 8.20. The monoisotopic (exact) mass is 601 g/mol. The normalized spacial score (nSPS) is 26.5. The number of benzene rings is 2. The lowest BCUT2D eigenvalue weighted by Gasteiger charge is -2.44. The molecule has 42 heavy (non-hydrogen) atoms. The molecule has 2 fully saturated rings. The quantitative estimate of drug-likeness (QED) is 0.235. The lowest BCUT2D eigenvalue weighted by atomic mass is 9.78. The van der Waals surface area contributed by atoms with Crippen LogP contribution in [0.15, 0.2) is 48.5 Å². The van der Waals surface area contributed by atoms with Crippen molar-refractivity contribution >= 4 is 5.97 Å². The zero-order chi connectivity index (χ0) is 30.7. The molecule has 0 amide bonds. The minimum absolute atomic E-state index is 0.102. The number of esters is 1. The van der Waals surface area contributed by atoms with Gasteiger partial charge in [0.15, 0.2) is 0 Å². The number of carbonyl (C=O) groups is 1. The molecular formula is C31H37F6NO4. The molecule has 2 aromatic carbocycles. The highest BCUT2D eigenvalue weighted by atomic mass is 19.4. The third kappa shape index (κ3) is 7.65. The summed E-state index contributed by atoms with van der Waals surface area (Å²) in [6.07, 6.45) is -10.1. The van der Waals surface area contributed by atoms with E-state index in [0.29, 0.717) is 44.9 Å². The van der Waals surface area contributed by atoms with Crippen LogP contribution in [0.3, 0.4) is 0 Å². The average Bonchev–Trinajstić information content (AvgIpc) is 2.92. The number of likely N-dealkylation sites (tertiary alicyclic amines) is 1. The van der Waals surface area contributed by atoms with Crippen molar-refractivity contribution in [2.24, 2.45) is 11.3 Å². The van der Waals surface area contributed by atoms with Crippen molar-refractivity contribution in [1.82, 2.24) is 4.90 Å². The van der Waals surface area contributed by atoms with E-state index in [0.717, 1.165) is 18.5 Å². The van der Waals surface area contributed by atoms with Crippen LogP contribution in [0, 0.1) is 11.3 Å². The van der Waals surface area contributed by atoms with E-state index in [1.807, 2.05) is 37.3 Å². The van der Waals surface area contributed by atoms with Gasteiger partial charge in [0.05, 0.1) is 48.6 Å². The molecule has 0 saturated carbocycles. The zero-order valence-electron chi connectivity index (χ0n) is 23.9. The van der Waals surface area contributed by atoms with Crippen LogP contribution in [-0.2, 0) is 31.4 Å². The predicted molar refractivity (Wildman–Crippen MR) is 144 cm³/mol.